The summed E-state index contributed by atoms with van der Waals surface area (Å²) in [6.45, 7) is 3.28. The molecule has 0 amide bonds. The number of nitrogens with one attached hydrogen (secondary N) is 1. The third-order valence-corrected chi connectivity index (χ3v) is 6.89. The van der Waals surface area contributed by atoms with Crippen molar-refractivity contribution in [3.63, 3.8) is 0 Å². The lowest BCUT2D eigenvalue weighted by Crippen LogP contribution is -2.39. The summed E-state index contributed by atoms with van der Waals surface area (Å²) in [6.07, 6.45) is 4.21. The predicted octanol–water partition coefficient (Wildman–Crippen LogP) is 5.07. The summed E-state index contributed by atoms with van der Waals surface area (Å²) >= 11 is 6.10. The highest BCUT2D eigenvalue weighted by molar-refractivity contribution is 6.30. The molecular formula is C27H29ClFN3O2. The molecule has 5 nitrogen and oxygen atoms in total. The van der Waals surface area contributed by atoms with Gasteiger partial charge < -0.3 is 9.47 Å². The van der Waals surface area contributed by atoms with Crippen LogP contribution in [0.3, 0.4) is 0 Å². The van der Waals surface area contributed by atoms with Crippen molar-refractivity contribution < 1.29 is 13.9 Å². The van der Waals surface area contributed by atoms with Crippen LogP contribution in [0.4, 0.5) is 4.39 Å². The number of likely N-dealkylation sites (tertiary alicyclic amines) is 1. The molecular weight excluding hydrogens is 453 g/mol. The van der Waals surface area contributed by atoms with Gasteiger partial charge in [0.1, 0.15) is 18.9 Å². The molecule has 0 aliphatic carbocycles. The Labute approximate surface area is 204 Å². The normalized spacial score (nSPS) is 21.8. The van der Waals surface area contributed by atoms with Crippen LogP contribution in [0.1, 0.15) is 30.1 Å². The number of piperidine rings is 1. The highest BCUT2D eigenvalue weighted by Gasteiger charge is 2.46. The Kier molecular flexibility index (Phi) is 7.40. The fourth-order valence-electron chi connectivity index (χ4n) is 4.69. The van der Waals surface area contributed by atoms with Crippen molar-refractivity contribution in [2.75, 3.05) is 26.2 Å². The first-order chi connectivity index (χ1) is 16.7. The predicted molar refractivity (Wildman–Crippen MR) is 130 cm³/mol. The topological polar surface area (TPSA) is 49.9 Å². The first-order valence-corrected chi connectivity index (χ1v) is 12.2. The van der Waals surface area contributed by atoms with Gasteiger partial charge in [-0.3, -0.25) is 15.2 Å². The van der Waals surface area contributed by atoms with E-state index >= 15 is 0 Å². The summed E-state index contributed by atoms with van der Waals surface area (Å²) in [4.78, 5) is 6.95. The van der Waals surface area contributed by atoms with Gasteiger partial charge in [0.2, 0.25) is 0 Å². The second kappa shape index (κ2) is 10.8. The average Bonchev–Trinajstić information content (AvgIpc) is 3.65. The van der Waals surface area contributed by atoms with Gasteiger partial charge in [-0.15, -0.1) is 0 Å². The third-order valence-electron chi connectivity index (χ3n) is 6.64. The van der Waals surface area contributed by atoms with Gasteiger partial charge in [0.05, 0.1) is 11.7 Å². The van der Waals surface area contributed by atoms with Crippen LogP contribution in [0.25, 0.3) is 0 Å². The van der Waals surface area contributed by atoms with Gasteiger partial charge in [0, 0.05) is 17.8 Å². The van der Waals surface area contributed by atoms with Gasteiger partial charge in [0.25, 0.3) is 0 Å². The van der Waals surface area contributed by atoms with E-state index in [1.807, 2.05) is 48.7 Å². The maximum Gasteiger partial charge on any atom is 0.165 e. The van der Waals surface area contributed by atoms with E-state index < -0.39 is 0 Å². The Morgan fingerprint density at radius 3 is 2.56 bits per heavy atom. The first-order valence-electron chi connectivity index (χ1n) is 11.8. The lowest BCUT2D eigenvalue weighted by atomic mass is 9.92. The molecule has 3 atom stereocenters. The fourth-order valence-corrected chi connectivity index (χ4v) is 4.81. The molecule has 3 unspecified atom stereocenters. The Bertz CT molecular complexity index is 1060. The van der Waals surface area contributed by atoms with Gasteiger partial charge in [-0.05, 0) is 73.8 Å². The highest BCUT2D eigenvalue weighted by atomic mass is 35.5. The molecule has 3 aromatic rings. The van der Waals surface area contributed by atoms with Gasteiger partial charge in [0.15, 0.2) is 11.6 Å². The monoisotopic (exact) mass is 481 g/mol. The van der Waals surface area contributed by atoms with Crippen LogP contribution in [0.5, 0.6) is 5.75 Å². The number of rotatable bonds is 9. The van der Waals surface area contributed by atoms with Crippen LogP contribution in [-0.4, -0.2) is 48.5 Å². The molecule has 7 heteroatoms. The molecule has 1 aromatic heterocycles. The molecule has 2 aliphatic heterocycles. The summed E-state index contributed by atoms with van der Waals surface area (Å²) in [5.74, 6) is 0.532. The molecule has 3 heterocycles. The summed E-state index contributed by atoms with van der Waals surface area (Å²) in [6, 6.07) is 20.3. The molecule has 1 N–H and O–H groups in total. The number of hydrogen-bond acceptors (Lipinski definition) is 5. The molecule has 0 bridgehead atoms. The van der Waals surface area contributed by atoms with E-state index in [2.05, 4.69) is 15.2 Å². The van der Waals surface area contributed by atoms with Crippen LogP contribution in [0.2, 0.25) is 5.02 Å². The van der Waals surface area contributed by atoms with Crippen LogP contribution in [-0.2, 0) is 4.74 Å². The lowest BCUT2D eigenvalue weighted by molar-refractivity contribution is 0.139. The Hall–Kier alpha value is -2.51. The quantitative estimate of drug-likeness (QED) is 0.432. The molecule has 0 saturated carbocycles. The zero-order valence-electron chi connectivity index (χ0n) is 18.9. The Morgan fingerprint density at radius 1 is 1.06 bits per heavy atom. The molecule has 5 rings (SSSR count). The van der Waals surface area contributed by atoms with Crippen molar-refractivity contribution in [3.05, 3.63) is 95.0 Å². The van der Waals surface area contributed by atoms with Gasteiger partial charge in [-0.2, -0.15) is 0 Å². The van der Waals surface area contributed by atoms with Crippen molar-refractivity contribution in [2.45, 2.75) is 31.2 Å². The zero-order valence-corrected chi connectivity index (χ0v) is 19.7. The van der Waals surface area contributed by atoms with Gasteiger partial charge in [-0.1, -0.05) is 41.9 Å². The van der Waals surface area contributed by atoms with Crippen LogP contribution in [0, 0.1) is 11.7 Å². The van der Waals surface area contributed by atoms with Crippen molar-refractivity contribution in [2.24, 2.45) is 5.92 Å². The summed E-state index contributed by atoms with van der Waals surface area (Å²) in [5, 5.41) is 4.38. The van der Waals surface area contributed by atoms with Gasteiger partial charge in [-0.25, -0.2) is 4.39 Å². The smallest absolute Gasteiger partial charge is 0.165 e. The minimum absolute atomic E-state index is 0.0172. The summed E-state index contributed by atoms with van der Waals surface area (Å²) in [7, 11) is 0. The van der Waals surface area contributed by atoms with Gasteiger partial charge >= 0.3 is 0 Å². The van der Waals surface area contributed by atoms with Crippen molar-refractivity contribution in [1.29, 1.82) is 0 Å². The number of halogens is 2. The van der Waals surface area contributed by atoms with Crippen LogP contribution < -0.4 is 10.1 Å². The molecule has 2 fully saturated rings. The highest BCUT2D eigenvalue weighted by Crippen LogP contribution is 2.36. The summed E-state index contributed by atoms with van der Waals surface area (Å²) in [5.41, 5.74) is 2.07. The van der Waals surface area contributed by atoms with E-state index in [1.165, 1.54) is 6.07 Å². The second-order valence-corrected chi connectivity index (χ2v) is 9.32. The molecule has 178 valence electrons. The minimum atomic E-state index is -0.312. The Balaban J connectivity index is 1.11. The van der Waals surface area contributed by atoms with E-state index in [1.54, 1.807) is 18.2 Å². The van der Waals surface area contributed by atoms with Crippen LogP contribution >= 0.6 is 11.6 Å². The third kappa shape index (κ3) is 5.76. The first kappa shape index (κ1) is 23.2. The number of hydrogen-bond donors (Lipinski definition) is 1. The van der Waals surface area contributed by atoms with E-state index in [0.29, 0.717) is 18.3 Å². The largest absolute Gasteiger partial charge is 0.489 e. The number of aromatic nitrogens is 1. The molecule has 34 heavy (non-hydrogen) atoms. The van der Waals surface area contributed by atoms with E-state index in [9.17, 15) is 4.39 Å². The fraction of sp³-hybridized carbons (Fsp3) is 0.370. The van der Waals surface area contributed by atoms with Crippen molar-refractivity contribution >= 4 is 11.6 Å². The molecule has 0 spiro atoms. The zero-order chi connectivity index (χ0) is 23.3. The maximum atomic E-state index is 13.7. The van der Waals surface area contributed by atoms with Crippen LogP contribution in [0.15, 0.2) is 72.9 Å². The number of pyridine rings is 1. The second-order valence-electron chi connectivity index (χ2n) is 8.89. The number of ether oxygens (including phenoxy) is 2. The minimum Gasteiger partial charge on any atom is -0.489 e. The van der Waals surface area contributed by atoms with Crippen molar-refractivity contribution in [1.82, 2.24) is 15.2 Å². The molecule has 2 saturated heterocycles. The molecule has 0 radical (unpaired) electrons. The van der Waals surface area contributed by atoms with E-state index in [-0.39, 0.29) is 24.2 Å². The number of para-hydroxylation sites is 1. The number of epoxide rings is 1. The number of nitrogens with zero attached hydrogens (tertiary/aromatic N) is 2. The Morgan fingerprint density at radius 2 is 1.82 bits per heavy atom. The summed E-state index contributed by atoms with van der Waals surface area (Å²) < 4.78 is 25.4. The van der Waals surface area contributed by atoms with E-state index in [0.717, 1.165) is 48.8 Å². The maximum absolute atomic E-state index is 13.7. The molecule has 2 aliphatic rings. The van der Waals surface area contributed by atoms with Crippen molar-refractivity contribution in [3.8, 4) is 5.75 Å². The molecule has 2 aromatic carbocycles. The SMILES string of the molecule is Fc1ccccc1OCCN1CCC(C2OC2NC(c2ccc(Cl)cc2)c2ccccn2)CC1. The lowest BCUT2D eigenvalue weighted by Gasteiger charge is -2.31. The average molecular weight is 482 g/mol. The number of benzene rings is 2. The standard InChI is InChI=1S/C27H29ClFN3O2/c28-21-10-8-19(9-11-21)25(23-6-3-4-14-30-23)31-27-26(34-27)20-12-15-32(16-13-20)17-18-33-24-7-2-1-5-22(24)29/h1-11,14,20,25-27,31H,12-13,15-18H2. The van der Waals surface area contributed by atoms with E-state index in [4.69, 9.17) is 21.1 Å².